The summed E-state index contributed by atoms with van der Waals surface area (Å²) in [4.78, 5) is 0. The number of hydrogen-bond acceptors (Lipinski definition) is 3. The smallest absolute Gasteiger partial charge is 0.138 e. The number of para-hydroxylation sites is 1. The summed E-state index contributed by atoms with van der Waals surface area (Å²) in [5.41, 5.74) is 5.20. The topological polar surface area (TPSA) is 25.2 Å². The maximum atomic E-state index is 6.55. The summed E-state index contributed by atoms with van der Waals surface area (Å²) in [5.74, 6) is 3.76. The Morgan fingerprint density at radius 3 is 2.29 bits per heavy atom. The second-order valence-electron chi connectivity index (χ2n) is 7.60. The first-order valence-electron chi connectivity index (χ1n) is 10.3. The highest BCUT2D eigenvalue weighted by Crippen LogP contribution is 2.43. The van der Waals surface area contributed by atoms with Crippen molar-refractivity contribution in [2.24, 2.45) is 0 Å². The number of benzene rings is 2. The van der Waals surface area contributed by atoms with Crippen molar-refractivity contribution in [3.05, 3.63) is 77.6 Å². The second kappa shape index (κ2) is 9.38. The van der Waals surface area contributed by atoms with Crippen molar-refractivity contribution in [1.82, 2.24) is 0 Å². The van der Waals surface area contributed by atoms with Gasteiger partial charge in [-0.15, -0.1) is 0 Å². The minimum atomic E-state index is 0.607. The molecule has 0 radical (unpaired) electrons. The van der Waals surface area contributed by atoms with Crippen molar-refractivity contribution in [3.8, 4) is 11.3 Å². The van der Waals surface area contributed by atoms with Crippen LogP contribution < -0.4 is 5.32 Å². The van der Waals surface area contributed by atoms with Crippen LogP contribution in [0.2, 0.25) is 0 Å². The summed E-state index contributed by atoms with van der Waals surface area (Å²) < 4.78 is 6.55. The molecule has 0 bridgehead atoms. The van der Waals surface area contributed by atoms with Crippen LogP contribution in [0.5, 0.6) is 0 Å². The Bertz CT molecular complexity index is 866. The SMILES string of the molecule is CSCc1oc(-c2ccccc2)c(C2CCCCC2)c1CNc1ccccc1. The number of thioether (sulfide) groups is 1. The van der Waals surface area contributed by atoms with Gasteiger partial charge in [0.15, 0.2) is 0 Å². The maximum Gasteiger partial charge on any atom is 0.138 e. The van der Waals surface area contributed by atoms with E-state index in [-0.39, 0.29) is 0 Å². The lowest BCUT2D eigenvalue weighted by Crippen LogP contribution is -2.10. The number of rotatable bonds is 7. The van der Waals surface area contributed by atoms with Gasteiger partial charge in [0.1, 0.15) is 11.5 Å². The zero-order valence-electron chi connectivity index (χ0n) is 16.6. The number of hydrogen-bond donors (Lipinski definition) is 1. The molecule has 1 fully saturated rings. The third-order valence-corrected chi connectivity index (χ3v) is 6.25. The van der Waals surface area contributed by atoms with Crippen molar-refractivity contribution in [3.63, 3.8) is 0 Å². The van der Waals surface area contributed by atoms with Gasteiger partial charge in [-0.25, -0.2) is 0 Å². The van der Waals surface area contributed by atoms with Crippen molar-refractivity contribution >= 4 is 17.4 Å². The van der Waals surface area contributed by atoms with Gasteiger partial charge in [0.25, 0.3) is 0 Å². The summed E-state index contributed by atoms with van der Waals surface area (Å²) >= 11 is 1.83. The maximum absolute atomic E-state index is 6.55. The molecule has 1 N–H and O–H groups in total. The summed E-state index contributed by atoms with van der Waals surface area (Å²) in [7, 11) is 0. The average molecular weight is 392 g/mol. The van der Waals surface area contributed by atoms with Crippen LogP contribution in [0.3, 0.4) is 0 Å². The molecule has 3 aromatic rings. The quantitative estimate of drug-likeness (QED) is 0.452. The first-order chi connectivity index (χ1) is 13.9. The van der Waals surface area contributed by atoms with Crippen LogP contribution in [0.25, 0.3) is 11.3 Å². The first kappa shape index (κ1) is 19.2. The molecule has 1 aliphatic carbocycles. The zero-order valence-corrected chi connectivity index (χ0v) is 17.4. The van der Waals surface area contributed by atoms with E-state index in [0.29, 0.717) is 5.92 Å². The minimum Gasteiger partial charge on any atom is -0.460 e. The predicted octanol–water partition coefficient (Wildman–Crippen LogP) is 7.47. The van der Waals surface area contributed by atoms with E-state index in [0.717, 1.165) is 29.5 Å². The van der Waals surface area contributed by atoms with E-state index in [1.54, 1.807) is 0 Å². The second-order valence-corrected chi connectivity index (χ2v) is 8.47. The Hall–Kier alpha value is -2.13. The monoisotopic (exact) mass is 391 g/mol. The van der Waals surface area contributed by atoms with Gasteiger partial charge in [-0.05, 0) is 37.1 Å². The third-order valence-electron chi connectivity index (χ3n) is 5.70. The lowest BCUT2D eigenvalue weighted by atomic mass is 9.81. The lowest BCUT2D eigenvalue weighted by molar-refractivity contribution is 0.440. The van der Waals surface area contributed by atoms with Crippen LogP contribution in [0.1, 0.15) is 54.9 Å². The fraction of sp³-hybridized carbons (Fsp3) is 0.360. The normalized spacial score (nSPS) is 14.9. The molecule has 146 valence electrons. The molecular weight excluding hydrogens is 362 g/mol. The summed E-state index contributed by atoms with van der Waals surface area (Å²) in [5, 5.41) is 3.63. The number of anilines is 1. The molecule has 0 aliphatic heterocycles. The Balaban J connectivity index is 1.75. The number of furan rings is 1. The van der Waals surface area contributed by atoms with Crippen LogP contribution in [-0.2, 0) is 12.3 Å². The van der Waals surface area contributed by atoms with Gasteiger partial charge in [0.2, 0.25) is 0 Å². The van der Waals surface area contributed by atoms with E-state index in [1.165, 1.54) is 48.8 Å². The summed E-state index contributed by atoms with van der Waals surface area (Å²) in [6.45, 7) is 0.822. The highest BCUT2D eigenvalue weighted by Gasteiger charge is 2.28. The van der Waals surface area contributed by atoms with E-state index in [9.17, 15) is 0 Å². The molecule has 3 heteroatoms. The largest absolute Gasteiger partial charge is 0.460 e. The Morgan fingerprint density at radius 1 is 0.929 bits per heavy atom. The molecule has 0 amide bonds. The van der Waals surface area contributed by atoms with Crippen molar-refractivity contribution in [1.29, 1.82) is 0 Å². The zero-order chi connectivity index (χ0) is 19.2. The molecule has 0 unspecified atom stereocenters. The van der Waals surface area contributed by atoms with Gasteiger partial charge in [0.05, 0.1) is 5.75 Å². The van der Waals surface area contributed by atoms with E-state index >= 15 is 0 Å². The molecule has 1 saturated carbocycles. The van der Waals surface area contributed by atoms with Gasteiger partial charge >= 0.3 is 0 Å². The minimum absolute atomic E-state index is 0.607. The van der Waals surface area contributed by atoms with E-state index < -0.39 is 0 Å². The van der Waals surface area contributed by atoms with E-state index in [4.69, 9.17) is 4.42 Å². The standard InChI is InChI=1S/C25H29NOS/c1-28-18-23-22(17-26-21-15-9-4-10-16-21)24(19-11-5-2-6-12-19)25(27-23)20-13-7-3-8-14-20/h3-4,7-10,13-16,19,26H,2,5-6,11-12,17-18H2,1H3. The first-order valence-corrected chi connectivity index (χ1v) is 11.7. The molecule has 2 nitrogen and oxygen atoms in total. The lowest BCUT2D eigenvalue weighted by Gasteiger charge is -2.23. The molecule has 1 aliphatic rings. The Kier molecular flexibility index (Phi) is 6.43. The molecule has 0 atom stereocenters. The molecule has 1 aromatic heterocycles. The van der Waals surface area contributed by atoms with Crippen LogP contribution in [-0.4, -0.2) is 6.26 Å². The Labute approximate surface area is 172 Å². The predicted molar refractivity (Wildman–Crippen MR) is 121 cm³/mol. The number of nitrogens with one attached hydrogen (secondary N) is 1. The van der Waals surface area contributed by atoms with Crippen molar-refractivity contribution in [2.45, 2.75) is 50.3 Å². The molecule has 28 heavy (non-hydrogen) atoms. The molecule has 0 spiro atoms. The molecule has 0 saturated heterocycles. The van der Waals surface area contributed by atoms with Gasteiger partial charge < -0.3 is 9.73 Å². The summed E-state index contributed by atoms with van der Waals surface area (Å²) in [6.07, 6.45) is 8.72. The van der Waals surface area contributed by atoms with Crippen molar-refractivity contribution < 1.29 is 4.42 Å². The van der Waals surface area contributed by atoms with E-state index in [2.05, 4.69) is 72.2 Å². The van der Waals surface area contributed by atoms with E-state index in [1.807, 2.05) is 11.8 Å². The molecule has 1 heterocycles. The van der Waals surface area contributed by atoms with Crippen LogP contribution in [0.15, 0.2) is 65.1 Å². The highest BCUT2D eigenvalue weighted by molar-refractivity contribution is 7.97. The third kappa shape index (κ3) is 4.30. The van der Waals surface area contributed by atoms with Gasteiger partial charge in [-0.3, -0.25) is 0 Å². The molecule has 2 aromatic carbocycles. The van der Waals surface area contributed by atoms with Crippen LogP contribution in [0, 0.1) is 0 Å². The highest BCUT2D eigenvalue weighted by atomic mass is 32.2. The Morgan fingerprint density at radius 2 is 1.61 bits per heavy atom. The average Bonchev–Trinajstić information content (AvgIpc) is 3.13. The molecular formula is C25H29NOS. The van der Waals surface area contributed by atoms with Gasteiger partial charge in [0, 0.05) is 28.9 Å². The fourth-order valence-corrected chi connectivity index (χ4v) is 4.84. The van der Waals surface area contributed by atoms with Gasteiger partial charge in [-0.1, -0.05) is 67.8 Å². The van der Waals surface area contributed by atoms with Crippen LogP contribution >= 0.6 is 11.8 Å². The summed E-state index contributed by atoms with van der Waals surface area (Å²) in [6, 6.07) is 21.1. The van der Waals surface area contributed by atoms with Gasteiger partial charge in [-0.2, -0.15) is 11.8 Å². The van der Waals surface area contributed by atoms with Crippen molar-refractivity contribution in [2.75, 3.05) is 11.6 Å². The van der Waals surface area contributed by atoms with Crippen LogP contribution in [0.4, 0.5) is 5.69 Å². The fourth-order valence-electron chi connectivity index (χ4n) is 4.34. The molecule has 4 rings (SSSR count).